The molecular weight excluding hydrogens is 186 g/mol. The Morgan fingerprint density at radius 2 is 2.40 bits per heavy atom. The molecule has 0 saturated carbocycles. The molecule has 1 atom stereocenters. The number of rotatable bonds is 1. The summed E-state index contributed by atoms with van der Waals surface area (Å²) < 4.78 is 0. The number of anilines is 1. The van der Waals surface area contributed by atoms with Crippen molar-refractivity contribution in [3.05, 3.63) is 24.5 Å². The molecule has 2 aliphatic heterocycles. The molecule has 3 heterocycles. The summed E-state index contributed by atoms with van der Waals surface area (Å²) in [5.41, 5.74) is 1.68. The highest BCUT2D eigenvalue weighted by molar-refractivity contribution is 5.49. The van der Waals surface area contributed by atoms with Gasteiger partial charge >= 0.3 is 0 Å². The second-order valence-corrected chi connectivity index (χ2v) is 4.62. The first-order valence-corrected chi connectivity index (χ1v) is 5.79. The monoisotopic (exact) mass is 203 g/mol. The summed E-state index contributed by atoms with van der Waals surface area (Å²) in [5.74, 6) is 0. The van der Waals surface area contributed by atoms with Gasteiger partial charge in [-0.1, -0.05) is 0 Å². The highest BCUT2D eigenvalue weighted by atomic mass is 15.3. The predicted molar refractivity (Wildman–Crippen MR) is 61.0 cm³/mol. The van der Waals surface area contributed by atoms with E-state index in [0.717, 1.165) is 13.1 Å². The number of hydrogen-bond acceptors (Lipinski definition) is 3. The van der Waals surface area contributed by atoms with Crippen molar-refractivity contribution in [2.75, 3.05) is 24.5 Å². The fraction of sp³-hybridized carbons (Fsp3) is 0.583. The van der Waals surface area contributed by atoms with Crippen molar-refractivity contribution in [1.82, 2.24) is 10.3 Å². The van der Waals surface area contributed by atoms with Gasteiger partial charge < -0.3 is 10.2 Å². The van der Waals surface area contributed by atoms with E-state index in [1.807, 2.05) is 18.5 Å². The molecule has 2 aliphatic rings. The summed E-state index contributed by atoms with van der Waals surface area (Å²) in [7, 11) is 0. The van der Waals surface area contributed by atoms with Crippen molar-refractivity contribution in [3.8, 4) is 0 Å². The molecule has 15 heavy (non-hydrogen) atoms. The summed E-state index contributed by atoms with van der Waals surface area (Å²) in [5, 5.41) is 3.49. The summed E-state index contributed by atoms with van der Waals surface area (Å²) in [6.07, 6.45) is 7.76. The largest absolute Gasteiger partial charge is 0.363 e. The van der Waals surface area contributed by atoms with E-state index in [4.69, 9.17) is 0 Å². The minimum atomic E-state index is 0.392. The van der Waals surface area contributed by atoms with Crippen LogP contribution in [0.4, 0.5) is 5.69 Å². The van der Waals surface area contributed by atoms with Crippen LogP contribution in [0.3, 0.4) is 0 Å². The van der Waals surface area contributed by atoms with E-state index in [2.05, 4.69) is 21.3 Å². The van der Waals surface area contributed by atoms with Crippen molar-refractivity contribution in [3.63, 3.8) is 0 Å². The first-order valence-electron chi connectivity index (χ1n) is 5.79. The Labute approximate surface area is 90.5 Å². The zero-order valence-electron chi connectivity index (χ0n) is 8.95. The van der Waals surface area contributed by atoms with Gasteiger partial charge in [-0.2, -0.15) is 0 Å². The smallest absolute Gasteiger partial charge is 0.0557 e. The normalized spacial score (nSPS) is 30.3. The average molecular weight is 203 g/mol. The zero-order chi connectivity index (χ0) is 10.1. The molecule has 1 N–H and O–H groups in total. The second-order valence-electron chi connectivity index (χ2n) is 4.62. The van der Waals surface area contributed by atoms with Crippen LogP contribution in [0, 0.1) is 0 Å². The number of nitrogens with one attached hydrogen (secondary N) is 1. The van der Waals surface area contributed by atoms with Crippen molar-refractivity contribution < 1.29 is 0 Å². The van der Waals surface area contributed by atoms with Crippen molar-refractivity contribution in [2.24, 2.45) is 0 Å². The van der Waals surface area contributed by atoms with Crippen molar-refractivity contribution >= 4 is 5.69 Å². The minimum absolute atomic E-state index is 0.392. The van der Waals surface area contributed by atoms with Crippen LogP contribution >= 0.6 is 0 Å². The number of hydrogen-bond donors (Lipinski definition) is 1. The molecule has 3 heteroatoms. The van der Waals surface area contributed by atoms with Crippen LogP contribution in [0.2, 0.25) is 0 Å². The Morgan fingerprint density at radius 3 is 3.13 bits per heavy atom. The SMILES string of the molecule is c1cncc(N2CCC[C@]23CCNC3)c1. The van der Waals surface area contributed by atoms with Gasteiger partial charge in [0.05, 0.1) is 17.4 Å². The van der Waals surface area contributed by atoms with Gasteiger partial charge in [0.25, 0.3) is 0 Å². The zero-order valence-corrected chi connectivity index (χ0v) is 8.95. The first kappa shape index (κ1) is 9.16. The third-order valence-corrected chi connectivity index (χ3v) is 3.78. The summed E-state index contributed by atoms with van der Waals surface area (Å²) in [6.45, 7) is 3.49. The molecule has 0 unspecified atom stereocenters. The molecule has 3 rings (SSSR count). The van der Waals surface area contributed by atoms with Gasteiger partial charge in [0, 0.05) is 19.3 Å². The highest BCUT2D eigenvalue weighted by Gasteiger charge is 2.42. The van der Waals surface area contributed by atoms with Crippen LogP contribution in [0.5, 0.6) is 0 Å². The van der Waals surface area contributed by atoms with Gasteiger partial charge in [-0.05, 0) is 37.9 Å². The Balaban J connectivity index is 1.92. The third kappa shape index (κ3) is 1.42. The van der Waals surface area contributed by atoms with Gasteiger partial charge in [-0.15, -0.1) is 0 Å². The lowest BCUT2D eigenvalue weighted by Gasteiger charge is -2.36. The van der Waals surface area contributed by atoms with Crippen molar-refractivity contribution in [1.29, 1.82) is 0 Å². The topological polar surface area (TPSA) is 28.2 Å². The number of nitrogens with zero attached hydrogens (tertiary/aromatic N) is 2. The van der Waals surface area contributed by atoms with E-state index in [1.54, 1.807) is 0 Å². The van der Waals surface area contributed by atoms with Gasteiger partial charge in [0.15, 0.2) is 0 Å². The van der Waals surface area contributed by atoms with Crippen LogP contribution in [-0.2, 0) is 0 Å². The quantitative estimate of drug-likeness (QED) is 0.748. The molecule has 3 nitrogen and oxygen atoms in total. The molecular formula is C12H17N3. The van der Waals surface area contributed by atoms with Crippen LogP contribution < -0.4 is 10.2 Å². The first-order chi connectivity index (χ1) is 7.41. The van der Waals surface area contributed by atoms with E-state index >= 15 is 0 Å². The predicted octanol–water partition coefficient (Wildman–Crippen LogP) is 1.41. The minimum Gasteiger partial charge on any atom is -0.363 e. The fourth-order valence-electron chi connectivity index (χ4n) is 3.03. The number of aromatic nitrogens is 1. The molecule has 2 fully saturated rings. The van der Waals surface area contributed by atoms with Gasteiger partial charge in [-0.3, -0.25) is 4.98 Å². The average Bonchev–Trinajstić information content (AvgIpc) is 2.91. The summed E-state index contributed by atoms with van der Waals surface area (Å²) in [4.78, 5) is 6.78. The standard InChI is InChI=1S/C12H17N3/c1-3-11(9-13-6-1)15-8-2-4-12(15)5-7-14-10-12/h1,3,6,9,14H,2,4-5,7-8,10H2/t12-/m1/s1. The Hall–Kier alpha value is -1.09. The molecule has 80 valence electrons. The Bertz CT molecular complexity index is 324. The molecule has 2 saturated heterocycles. The molecule has 0 aliphatic carbocycles. The van der Waals surface area contributed by atoms with Crippen molar-refractivity contribution in [2.45, 2.75) is 24.8 Å². The van der Waals surface area contributed by atoms with Gasteiger partial charge in [0.1, 0.15) is 0 Å². The van der Waals surface area contributed by atoms with E-state index in [1.165, 1.54) is 31.5 Å². The third-order valence-electron chi connectivity index (χ3n) is 3.78. The van der Waals surface area contributed by atoms with E-state index in [9.17, 15) is 0 Å². The lowest BCUT2D eigenvalue weighted by Crippen LogP contribution is -2.45. The van der Waals surface area contributed by atoms with Gasteiger partial charge in [-0.25, -0.2) is 0 Å². The molecule has 1 aromatic heterocycles. The lowest BCUT2D eigenvalue weighted by molar-refractivity contribution is 0.466. The Kier molecular flexibility index (Phi) is 2.13. The second kappa shape index (κ2) is 3.49. The highest BCUT2D eigenvalue weighted by Crippen LogP contribution is 2.37. The molecule has 0 aromatic carbocycles. The van der Waals surface area contributed by atoms with Crippen LogP contribution in [0.1, 0.15) is 19.3 Å². The molecule has 0 amide bonds. The maximum atomic E-state index is 4.22. The van der Waals surface area contributed by atoms with E-state index in [0.29, 0.717) is 5.54 Å². The van der Waals surface area contributed by atoms with E-state index < -0.39 is 0 Å². The maximum Gasteiger partial charge on any atom is 0.0557 e. The van der Waals surface area contributed by atoms with E-state index in [-0.39, 0.29) is 0 Å². The van der Waals surface area contributed by atoms with Gasteiger partial charge in [0.2, 0.25) is 0 Å². The summed E-state index contributed by atoms with van der Waals surface area (Å²) in [6, 6.07) is 4.21. The summed E-state index contributed by atoms with van der Waals surface area (Å²) >= 11 is 0. The molecule has 1 spiro atoms. The fourth-order valence-corrected chi connectivity index (χ4v) is 3.03. The maximum absolute atomic E-state index is 4.22. The molecule has 0 bridgehead atoms. The van der Waals surface area contributed by atoms with Crippen LogP contribution in [0.25, 0.3) is 0 Å². The Morgan fingerprint density at radius 1 is 1.40 bits per heavy atom. The molecule has 0 radical (unpaired) electrons. The lowest BCUT2D eigenvalue weighted by atomic mass is 9.95. The number of pyridine rings is 1. The molecule has 1 aromatic rings. The van der Waals surface area contributed by atoms with Crippen LogP contribution in [-0.4, -0.2) is 30.2 Å². The van der Waals surface area contributed by atoms with Crippen LogP contribution in [0.15, 0.2) is 24.5 Å².